The lowest BCUT2D eigenvalue weighted by atomic mass is 10.4. The molecule has 1 N–H and O–H groups in total. The van der Waals surface area contributed by atoms with Crippen molar-refractivity contribution in [3.05, 3.63) is 43.4 Å². The Kier molecular flexibility index (Phi) is 4.54. The average molecular weight is 328 g/mol. The number of anilines is 1. The minimum atomic E-state index is -0.0828. The Morgan fingerprint density at radius 2 is 2.33 bits per heavy atom. The molecule has 0 bridgehead atoms. The predicted molar refractivity (Wildman–Crippen MR) is 78.4 cm³/mol. The fourth-order valence-electron chi connectivity index (χ4n) is 1.50. The normalized spacial score (nSPS) is 10.6. The molecule has 0 saturated carbocycles. The fraction of sp³-hybridized carbons (Fsp3) is 0.333. The largest absolute Gasteiger partial charge is 0.384 e. The summed E-state index contributed by atoms with van der Waals surface area (Å²) in [6, 6.07) is 3.59. The number of thiophene rings is 1. The summed E-state index contributed by atoms with van der Waals surface area (Å²) in [5.74, 6) is 0. The van der Waals surface area contributed by atoms with Crippen LogP contribution in [0, 0.1) is 0 Å². The maximum atomic E-state index is 11.9. The molecule has 0 atom stereocenters. The van der Waals surface area contributed by atoms with Crippen molar-refractivity contribution >= 4 is 33.0 Å². The molecular weight excluding hydrogens is 314 g/mol. The molecule has 96 valence electrons. The zero-order chi connectivity index (χ0) is 13.0. The van der Waals surface area contributed by atoms with Crippen molar-refractivity contribution in [1.29, 1.82) is 0 Å². The molecule has 0 aliphatic carbocycles. The van der Waals surface area contributed by atoms with Gasteiger partial charge in [-0.15, -0.1) is 11.3 Å². The number of rotatable bonds is 5. The van der Waals surface area contributed by atoms with E-state index in [9.17, 15) is 4.79 Å². The van der Waals surface area contributed by atoms with Crippen molar-refractivity contribution in [3.8, 4) is 0 Å². The van der Waals surface area contributed by atoms with Crippen LogP contribution in [0.3, 0.4) is 0 Å². The molecule has 0 aliphatic rings. The molecule has 0 fully saturated rings. The highest BCUT2D eigenvalue weighted by molar-refractivity contribution is 9.10. The lowest BCUT2D eigenvalue weighted by molar-refractivity contribution is 0.646. The first-order valence-electron chi connectivity index (χ1n) is 5.73. The third-order valence-electron chi connectivity index (χ3n) is 2.38. The van der Waals surface area contributed by atoms with E-state index in [0.717, 1.165) is 28.0 Å². The summed E-state index contributed by atoms with van der Waals surface area (Å²) in [6.45, 7) is 3.45. The van der Waals surface area contributed by atoms with Gasteiger partial charge in [-0.1, -0.05) is 6.92 Å². The van der Waals surface area contributed by atoms with Gasteiger partial charge in [-0.3, -0.25) is 4.79 Å². The molecule has 18 heavy (non-hydrogen) atoms. The molecule has 4 nitrogen and oxygen atoms in total. The van der Waals surface area contributed by atoms with Crippen LogP contribution in [0.5, 0.6) is 0 Å². The van der Waals surface area contributed by atoms with Gasteiger partial charge in [0.2, 0.25) is 0 Å². The van der Waals surface area contributed by atoms with Gasteiger partial charge in [0.25, 0.3) is 5.56 Å². The van der Waals surface area contributed by atoms with E-state index < -0.39 is 0 Å². The van der Waals surface area contributed by atoms with E-state index in [2.05, 4.69) is 33.3 Å². The molecule has 0 spiro atoms. The Morgan fingerprint density at radius 1 is 1.50 bits per heavy atom. The van der Waals surface area contributed by atoms with E-state index in [4.69, 9.17) is 0 Å². The number of nitrogens with one attached hydrogen (secondary N) is 1. The maximum Gasteiger partial charge on any atom is 0.269 e. The maximum absolute atomic E-state index is 11.9. The Labute approximate surface area is 118 Å². The van der Waals surface area contributed by atoms with E-state index >= 15 is 0 Å². The van der Waals surface area contributed by atoms with Crippen LogP contribution in [0.4, 0.5) is 5.69 Å². The second kappa shape index (κ2) is 6.15. The minimum absolute atomic E-state index is 0.0828. The Hall–Kier alpha value is -1.14. The lowest BCUT2D eigenvalue weighted by Crippen LogP contribution is -2.22. The van der Waals surface area contributed by atoms with Crippen LogP contribution in [0.2, 0.25) is 0 Å². The average Bonchev–Trinajstić information content (AvgIpc) is 2.75. The molecule has 0 amide bonds. The quantitative estimate of drug-likeness (QED) is 0.918. The van der Waals surface area contributed by atoms with Gasteiger partial charge in [-0.25, -0.2) is 4.68 Å². The number of aromatic nitrogens is 2. The summed E-state index contributed by atoms with van der Waals surface area (Å²) in [6.07, 6.45) is 2.71. The van der Waals surface area contributed by atoms with Crippen molar-refractivity contribution in [2.24, 2.45) is 0 Å². The second-order valence-corrected chi connectivity index (χ2v) is 5.81. The van der Waals surface area contributed by atoms with Crippen LogP contribution >= 0.6 is 27.3 Å². The summed E-state index contributed by atoms with van der Waals surface area (Å²) in [7, 11) is 0. The highest BCUT2D eigenvalue weighted by Crippen LogP contribution is 2.19. The van der Waals surface area contributed by atoms with Crippen molar-refractivity contribution < 1.29 is 0 Å². The van der Waals surface area contributed by atoms with E-state index in [-0.39, 0.29) is 5.56 Å². The Bertz CT molecular complexity index is 579. The molecule has 0 radical (unpaired) electrons. The SMILES string of the molecule is CCCNc1cnn(Cc2cc(Br)cs2)c(=O)c1. The van der Waals surface area contributed by atoms with Crippen molar-refractivity contribution in [2.45, 2.75) is 19.9 Å². The van der Waals surface area contributed by atoms with Gasteiger partial charge in [0.1, 0.15) is 0 Å². The van der Waals surface area contributed by atoms with Gasteiger partial charge in [-0.05, 0) is 28.4 Å². The van der Waals surface area contributed by atoms with E-state index in [1.807, 2.05) is 11.4 Å². The summed E-state index contributed by atoms with van der Waals surface area (Å²) < 4.78 is 2.51. The van der Waals surface area contributed by atoms with E-state index in [0.29, 0.717) is 6.54 Å². The second-order valence-electron chi connectivity index (χ2n) is 3.90. The number of halogens is 1. The molecule has 2 rings (SSSR count). The zero-order valence-electron chi connectivity index (χ0n) is 10.0. The molecule has 2 aromatic rings. The Morgan fingerprint density at radius 3 is 2.94 bits per heavy atom. The first kappa shape index (κ1) is 13.3. The Balaban J connectivity index is 2.12. The third-order valence-corrected chi connectivity index (χ3v) is 4.06. The number of nitrogens with zero attached hydrogens (tertiary/aromatic N) is 2. The van der Waals surface area contributed by atoms with E-state index in [1.165, 1.54) is 4.68 Å². The van der Waals surface area contributed by atoms with Crippen LogP contribution in [0.25, 0.3) is 0 Å². The summed E-state index contributed by atoms with van der Waals surface area (Å²) >= 11 is 5.01. The third kappa shape index (κ3) is 3.43. The summed E-state index contributed by atoms with van der Waals surface area (Å²) in [5.41, 5.74) is 0.700. The van der Waals surface area contributed by atoms with Gasteiger partial charge in [0, 0.05) is 27.3 Å². The number of hydrogen-bond acceptors (Lipinski definition) is 4. The zero-order valence-corrected chi connectivity index (χ0v) is 12.4. The predicted octanol–water partition coefficient (Wildman–Crippen LogP) is 2.94. The van der Waals surface area contributed by atoms with Crippen LogP contribution < -0.4 is 10.9 Å². The van der Waals surface area contributed by atoms with Crippen molar-refractivity contribution in [2.75, 3.05) is 11.9 Å². The molecule has 0 unspecified atom stereocenters. The van der Waals surface area contributed by atoms with Gasteiger partial charge >= 0.3 is 0 Å². The first-order chi connectivity index (χ1) is 8.69. The highest BCUT2D eigenvalue weighted by atomic mass is 79.9. The summed E-state index contributed by atoms with van der Waals surface area (Å²) in [5, 5.41) is 9.32. The highest BCUT2D eigenvalue weighted by Gasteiger charge is 2.03. The van der Waals surface area contributed by atoms with Gasteiger partial charge in [-0.2, -0.15) is 5.10 Å². The fourth-order valence-corrected chi connectivity index (χ4v) is 2.93. The topological polar surface area (TPSA) is 46.9 Å². The number of hydrogen-bond donors (Lipinski definition) is 1. The van der Waals surface area contributed by atoms with Crippen LogP contribution in [-0.4, -0.2) is 16.3 Å². The first-order valence-corrected chi connectivity index (χ1v) is 7.40. The molecule has 2 aromatic heterocycles. The van der Waals surface area contributed by atoms with E-state index in [1.54, 1.807) is 23.6 Å². The molecular formula is C12H14BrN3OS. The smallest absolute Gasteiger partial charge is 0.269 e. The monoisotopic (exact) mass is 327 g/mol. The van der Waals surface area contributed by atoms with Gasteiger partial charge < -0.3 is 5.32 Å². The van der Waals surface area contributed by atoms with Gasteiger partial charge in [0.05, 0.1) is 18.4 Å². The minimum Gasteiger partial charge on any atom is -0.384 e. The van der Waals surface area contributed by atoms with Crippen molar-refractivity contribution in [3.63, 3.8) is 0 Å². The molecule has 0 aliphatic heterocycles. The van der Waals surface area contributed by atoms with Crippen LogP contribution in [-0.2, 0) is 6.54 Å². The molecule has 2 heterocycles. The summed E-state index contributed by atoms with van der Waals surface area (Å²) in [4.78, 5) is 13.0. The van der Waals surface area contributed by atoms with Crippen LogP contribution in [0.15, 0.2) is 33.0 Å². The van der Waals surface area contributed by atoms with Gasteiger partial charge in [0.15, 0.2) is 0 Å². The standard InChI is InChI=1S/C12H14BrN3OS/c1-2-3-14-10-5-12(17)16(15-6-10)7-11-4-9(13)8-18-11/h4-6,8,14H,2-3,7H2,1H3. The lowest BCUT2D eigenvalue weighted by Gasteiger charge is -2.06. The molecule has 0 saturated heterocycles. The van der Waals surface area contributed by atoms with Crippen LogP contribution in [0.1, 0.15) is 18.2 Å². The molecule has 6 heteroatoms. The molecule has 0 aromatic carbocycles. The van der Waals surface area contributed by atoms with Crippen molar-refractivity contribution in [1.82, 2.24) is 9.78 Å².